The van der Waals surface area contributed by atoms with Crippen molar-refractivity contribution in [3.8, 4) is 0 Å². The monoisotopic (exact) mass is 271 g/mol. The summed E-state index contributed by atoms with van der Waals surface area (Å²) in [7, 11) is 1.60. The van der Waals surface area contributed by atoms with Crippen molar-refractivity contribution < 1.29 is 14.3 Å². The first-order valence-electron chi connectivity index (χ1n) is 5.80. The quantitative estimate of drug-likeness (QED) is 0.827. The van der Waals surface area contributed by atoms with Gasteiger partial charge in [-0.3, -0.25) is 4.79 Å². The van der Waals surface area contributed by atoms with Crippen molar-refractivity contribution in [2.24, 2.45) is 0 Å². The van der Waals surface area contributed by atoms with Crippen LogP contribution in [-0.4, -0.2) is 32.8 Å². The topological polar surface area (TPSA) is 47.6 Å². The van der Waals surface area contributed by atoms with Crippen molar-refractivity contribution in [2.75, 3.05) is 26.9 Å². The van der Waals surface area contributed by atoms with E-state index in [2.05, 4.69) is 5.32 Å². The van der Waals surface area contributed by atoms with Crippen molar-refractivity contribution in [1.29, 1.82) is 0 Å². The van der Waals surface area contributed by atoms with Crippen LogP contribution < -0.4 is 5.32 Å². The van der Waals surface area contributed by atoms with Crippen LogP contribution in [0.4, 0.5) is 0 Å². The third-order valence-corrected chi connectivity index (χ3v) is 2.66. The zero-order valence-electron chi connectivity index (χ0n) is 10.6. The van der Waals surface area contributed by atoms with Gasteiger partial charge in [0.1, 0.15) is 6.61 Å². The molecule has 0 saturated carbocycles. The summed E-state index contributed by atoms with van der Waals surface area (Å²) < 4.78 is 10.3. The average molecular weight is 272 g/mol. The molecule has 1 N–H and O–H groups in total. The van der Waals surface area contributed by atoms with Gasteiger partial charge in [-0.05, 0) is 24.6 Å². The van der Waals surface area contributed by atoms with Crippen molar-refractivity contribution >= 4 is 17.5 Å². The van der Waals surface area contributed by atoms with Gasteiger partial charge in [0, 0.05) is 25.3 Å². The Morgan fingerprint density at radius 3 is 2.89 bits per heavy atom. The van der Waals surface area contributed by atoms with Gasteiger partial charge in [-0.1, -0.05) is 23.7 Å². The molecule has 1 rings (SSSR count). The molecule has 0 bridgehead atoms. The third-order valence-electron chi connectivity index (χ3n) is 2.43. The Morgan fingerprint density at radius 2 is 2.28 bits per heavy atom. The van der Waals surface area contributed by atoms with E-state index in [0.717, 1.165) is 5.56 Å². The van der Waals surface area contributed by atoms with Crippen LogP contribution in [0, 0.1) is 0 Å². The SMILES string of the molecule is CCOCC(=O)NC[C@H](OC)c1cccc(Cl)c1. The molecule has 0 unspecified atom stereocenters. The molecule has 0 fully saturated rings. The lowest BCUT2D eigenvalue weighted by atomic mass is 10.1. The maximum atomic E-state index is 11.4. The van der Waals surface area contributed by atoms with Crippen molar-refractivity contribution in [3.05, 3.63) is 34.9 Å². The van der Waals surface area contributed by atoms with Gasteiger partial charge in [-0.2, -0.15) is 0 Å². The fraction of sp³-hybridized carbons (Fsp3) is 0.462. The molecule has 0 spiro atoms. The fourth-order valence-corrected chi connectivity index (χ4v) is 1.70. The first-order valence-corrected chi connectivity index (χ1v) is 6.17. The maximum absolute atomic E-state index is 11.4. The predicted octanol–water partition coefficient (Wildman–Crippen LogP) is 2.18. The van der Waals surface area contributed by atoms with Crippen molar-refractivity contribution in [1.82, 2.24) is 5.32 Å². The van der Waals surface area contributed by atoms with Crippen LogP contribution in [0.25, 0.3) is 0 Å². The summed E-state index contributed by atoms with van der Waals surface area (Å²) in [6.45, 7) is 2.83. The first-order chi connectivity index (χ1) is 8.67. The minimum atomic E-state index is -0.214. The van der Waals surface area contributed by atoms with Gasteiger partial charge >= 0.3 is 0 Å². The van der Waals surface area contributed by atoms with Gasteiger partial charge in [0.05, 0.1) is 6.10 Å². The maximum Gasteiger partial charge on any atom is 0.246 e. The van der Waals surface area contributed by atoms with Crippen LogP contribution in [-0.2, 0) is 14.3 Å². The lowest BCUT2D eigenvalue weighted by molar-refractivity contribution is -0.126. The lowest BCUT2D eigenvalue weighted by Crippen LogP contribution is -2.32. The summed E-state index contributed by atoms with van der Waals surface area (Å²) in [5, 5.41) is 3.40. The number of hydrogen-bond acceptors (Lipinski definition) is 3. The van der Waals surface area contributed by atoms with Crippen molar-refractivity contribution in [3.63, 3.8) is 0 Å². The number of ether oxygens (including phenoxy) is 2. The number of rotatable bonds is 7. The van der Waals surface area contributed by atoms with E-state index < -0.39 is 0 Å². The Morgan fingerprint density at radius 1 is 1.50 bits per heavy atom. The van der Waals surface area contributed by atoms with Gasteiger partial charge in [-0.25, -0.2) is 0 Å². The van der Waals surface area contributed by atoms with E-state index in [1.807, 2.05) is 25.1 Å². The summed E-state index contributed by atoms with van der Waals surface area (Å²) in [6.07, 6.45) is -0.214. The van der Waals surface area contributed by atoms with E-state index in [4.69, 9.17) is 21.1 Å². The number of benzene rings is 1. The summed E-state index contributed by atoms with van der Waals surface area (Å²) in [4.78, 5) is 11.4. The Labute approximate surface area is 112 Å². The highest BCUT2D eigenvalue weighted by Gasteiger charge is 2.12. The average Bonchev–Trinajstić information content (AvgIpc) is 2.37. The Hall–Kier alpha value is -1.10. The van der Waals surface area contributed by atoms with Crippen LogP contribution in [0.1, 0.15) is 18.6 Å². The zero-order valence-corrected chi connectivity index (χ0v) is 11.4. The highest BCUT2D eigenvalue weighted by molar-refractivity contribution is 6.30. The van der Waals surface area contributed by atoms with E-state index in [1.165, 1.54) is 0 Å². The van der Waals surface area contributed by atoms with E-state index in [9.17, 15) is 4.79 Å². The van der Waals surface area contributed by atoms with Gasteiger partial charge in [-0.15, -0.1) is 0 Å². The molecule has 0 heterocycles. The standard InChI is InChI=1S/C13H18ClNO3/c1-3-18-9-13(16)15-8-12(17-2)10-5-4-6-11(14)7-10/h4-7,12H,3,8-9H2,1-2H3,(H,15,16)/t12-/m0/s1. The van der Waals surface area contributed by atoms with Crippen LogP contribution in [0.3, 0.4) is 0 Å². The molecule has 18 heavy (non-hydrogen) atoms. The molecule has 1 amide bonds. The number of carbonyl (C=O) groups excluding carboxylic acids is 1. The molecular weight excluding hydrogens is 254 g/mol. The molecular formula is C13H18ClNO3. The largest absolute Gasteiger partial charge is 0.375 e. The molecule has 1 atom stereocenters. The molecule has 1 aromatic rings. The molecule has 0 saturated heterocycles. The molecule has 0 aliphatic rings. The second kappa shape index (κ2) is 8.08. The summed E-state index contributed by atoms with van der Waals surface area (Å²) >= 11 is 5.91. The molecule has 0 aliphatic heterocycles. The number of halogens is 1. The summed E-state index contributed by atoms with van der Waals surface area (Å²) in [6, 6.07) is 7.39. The molecule has 5 heteroatoms. The third kappa shape index (κ3) is 5.04. The summed E-state index contributed by atoms with van der Waals surface area (Å²) in [5.41, 5.74) is 0.932. The lowest BCUT2D eigenvalue weighted by Gasteiger charge is -2.16. The van der Waals surface area contributed by atoms with Gasteiger partial charge in [0.2, 0.25) is 5.91 Å². The van der Waals surface area contributed by atoms with E-state index in [0.29, 0.717) is 18.2 Å². The van der Waals surface area contributed by atoms with Crippen molar-refractivity contribution in [2.45, 2.75) is 13.0 Å². The zero-order chi connectivity index (χ0) is 13.4. The highest BCUT2D eigenvalue weighted by Crippen LogP contribution is 2.19. The van der Waals surface area contributed by atoms with Crippen LogP contribution in [0.5, 0.6) is 0 Å². The first kappa shape index (κ1) is 15.0. The molecule has 0 radical (unpaired) electrons. The van der Waals surface area contributed by atoms with Gasteiger partial charge in [0.25, 0.3) is 0 Å². The van der Waals surface area contributed by atoms with E-state index in [1.54, 1.807) is 13.2 Å². The second-order valence-corrected chi connectivity index (χ2v) is 4.16. The minimum Gasteiger partial charge on any atom is -0.375 e. The van der Waals surface area contributed by atoms with Crippen LogP contribution >= 0.6 is 11.6 Å². The fourth-order valence-electron chi connectivity index (χ4n) is 1.50. The van der Waals surface area contributed by atoms with E-state index >= 15 is 0 Å². The van der Waals surface area contributed by atoms with Crippen LogP contribution in [0.2, 0.25) is 5.02 Å². The van der Waals surface area contributed by atoms with E-state index in [-0.39, 0.29) is 18.6 Å². The molecule has 1 aromatic carbocycles. The normalized spacial score (nSPS) is 12.2. The summed E-state index contributed by atoms with van der Waals surface area (Å²) in [5.74, 6) is -0.152. The minimum absolute atomic E-state index is 0.0719. The number of amides is 1. The molecule has 0 aromatic heterocycles. The Kier molecular flexibility index (Phi) is 6.72. The number of carbonyl (C=O) groups is 1. The Bertz CT molecular complexity index is 384. The predicted molar refractivity (Wildman–Crippen MR) is 70.7 cm³/mol. The highest BCUT2D eigenvalue weighted by atomic mass is 35.5. The van der Waals surface area contributed by atoms with Crippen LogP contribution in [0.15, 0.2) is 24.3 Å². The number of nitrogens with one attached hydrogen (secondary N) is 1. The number of hydrogen-bond donors (Lipinski definition) is 1. The smallest absolute Gasteiger partial charge is 0.246 e. The Balaban J connectivity index is 2.50. The van der Waals surface area contributed by atoms with Gasteiger partial charge < -0.3 is 14.8 Å². The number of methoxy groups -OCH3 is 1. The molecule has 100 valence electrons. The second-order valence-electron chi connectivity index (χ2n) is 3.72. The van der Waals surface area contributed by atoms with Gasteiger partial charge in [0.15, 0.2) is 0 Å². The molecule has 4 nitrogen and oxygen atoms in total. The molecule has 0 aliphatic carbocycles.